The average molecular weight is 222 g/mol. The molecule has 0 atom stereocenters. The Balaban J connectivity index is 2.61. The zero-order valence-electron chi connectivity index (χ0n) is 8.89. The van der Waals surface area contributed by atoms with Gasteiger partial charge in [-0.15, -0.1) is 0 Å². The molecule has 0 spiro atoms. The first-order valence-electron chi connectivity index (χ1n) is 4.76. The number of ether oxygens (including phenoxy) is 1. The summed E-state index contributed by atoms with van der Waals surface area (Å²) in [6.07, 6.45) is 1.40. The van der Waals surface area contributed by atoms with Gasteiger partial charge in [-0.2, -0.15) is 5.10 Å². The molecule has 6 heteroatoms. The number of carbonyl (C=O) groups excluding carboxylic acids is 1. The highest BCUT2D eigenvalue weighted by molar-refractivity contribution is 5.90. The van der Waals surface area contributed by atoms with Gasteiger partial charge in [-0.05, 0) is 6.92 Å². The molecule has 0 aliphatic rings. The topological polar surface area (TPSA) is 74.3 Å². The number of esters is 1. The van der Waals surface area contributed by atoms with Gasteiger partial charge in [-0.3, -0.25) is 4.68 Å². The molecule has 6 nitrogen and oxygen atoms in total. The molecule has 84 valence electrons. The first kappa shape index (κ1) is 10.4. The normalized spacial score (nSPS) is 10.6. The summed E-state index contributed by atoms with van der Waals surface area (Å²) in [5.41, 5.74) is -0.0482. The van der Waals surface area contributed by atoms with E-state index in [1.165, 1.54) is 16.9 Å². The Hall–Kier alpha value is -2.11. The molecule has 2 rings (SSSR count). The van der Waals surface area contributed by atoms with E-state index in [0.29, 0.717) is 10.9 Å². The van der Waals surface area contributed by atoms with Crippen molar-refractivity contribution in [1.29, 1.82) is 0 Å². The van der Waals surface area contributed by atoms with E-state index in [-0.39, 0.29) is 12.4 Å². The highest BCUT2D eigenvalue weighted by Crippen LogP contribution is 2.11. The predicted molar refractivity (Wildman–Crippen MR) is 55.2 cm³/mol. The van der Waals surface area contributed by atoms with E-state index in [1.54, 1.807) is 14.0 Å². The van der Waals surface area contributed by atoms with E-state index in [0.717, 1.165) is 0 Å². The molecule has 0 bridgehead atoms. The molecule has 0 radical (unpaired) electrons. The summed E-state index contributed by atoms with van der Waals surface area (Å²) in [5.74, 6) is -0.759. The molecule has 16 heavy (non-hydrogen) atoms. The van der Waals surface area contributed by atoms with Gasteiger partial charge in [0.05, 0.1) is 18.3 Å². The Labute approximate surface area is 90.4 Å². The maximum Gasteiger partial charge on any atom is 0.374 e. The minimum absolute atomic E-state index is 0.108. The van der Waals surface area contributed by atoms with Gasteiger partial charge in [-0.1, -0.05) is 0 Å². The second kappa shape index (κ2) is 3.80. The van der Waals surface area contributed by atoms with Crippen LogP contribution in [0.15, 0.2) is 21.5 Å². The number of fused-ring (bicyclic) bond motifs is 1. The van der Waals surface area contributed by atoms with Crippen molar-refractivity contribution in [2.75, 3.05) is 6.61 Å². The molecule has 0 aliphatic carbocycles. The number of carbonyl (C=O) groups is 1. The van der Waals surface area contributed by atoms with Crippen molar-refractivity contribution in [1.82, 2.24) is 9.78 Å². The molecule has 2 heterocycles. The largest absolute Gasteiger partial charge is 0.460 e. The summed E-state index contributed by atoms with van der Waals surface area (Å²) in [6.45, 7) is 1.91. The van der Waals surface area contributed by atoms with E-state index < -0.39 is 11.6 Å². The molecule has 0 saturated heterocycles. The molecule has 2 aromatic heterocycles. The summed E-state index contributed by atoms with van der Waals surface area (Å²) in [5, 5.41) is 4.25. The average Bonchev–Trinajstić information content (AvgIpc) is 2.61. The van der Waals surface area contributed by atoms with Crippen molar-refractivity contribution in [3.05, 3.63) is 28.4 Å². The van der Waals surface area contributed by atoms with Crippen molar-refractivity contribution in [2.24, 2.45) is 7.05 Å². The first-order chi connectivity index (χ1) is 7.63. The van der Waals surface area contributed by atoms with Crippen molar-refractivity contribution in [2.45, 2.75) is 6.92 Å². The number of rotatable bonds is 2. The van der Waals surface area contributed by atoms with Gasteiger partial charge in [0.2, 0.25) is 5.76 Å². The number of aryl methyl sites for hydroxylation is 1. The molecule has 0 saturated carbocycles. The van der Waals surface area contributed by atoms with E-state index in [2.05, 4.69) is 5.10 Å². The summed E-state index contributed by atoms with van der Waals surface area (Å²) in [6, 6.07) is 1.45. The predicted octanol–water partition coefficient (Wildman–Crippen LogP) is 0.703. The Bertz CT molecular complexity index is 596. The van der Waals surface area contributed by atoms with Crippen LogP contribution in [0.2, 0.25) is 0 Å². The van der Waals surface area contributed by atoms with Crippen LogP contribution in [0.4, 0.5) is 0 Å². The third-order valence-electron chi connectivity index (χ3n) is 2.15. The number of hydrogen-bond acceptors (Lipinski definition) is 5. The minimum atomic E-state index is -0.650. The van der Waals surface area contributed by atoms with Crippen LogP contribution in [-0.4, -0.2) is 22.4 Å². The van der Waals surface area contributed by atoms with Crippen LogP contribution in [0.5, 0.6) is 0 Å². The summed E-state index contributed by atoms with van der Waals surface area (Å²) in [7, 11) is 1.68. The molecule has 0 aromatic carbocycles. The Morgan fingerprint density at radius 1 is 1.62 bits per heavy atom. The van der Waals surface area contributed by atoms with E-state index in [9.17, 15) is 9.59 Å². The zero-order chi connectivity index (χ0) is 11.7. The van der Waals surface area contributed by atoms with Crippen LogP contribution >= 0.6 is 0 Å². The second-order valence-electron chi connectivity index (χ2n) is 3.19. The Morgan fingerprint density at radius 2 is 2.38 bits per heavy atom. The van der Waals surface area contributed by atoms with Crippen LogP contribution in [0.3, 0.4) is 0 Å². The second-order valence-corrected chi connectivity index (χ2v) is 3.19. The third-order valence-corrected chi connectivity index (χ3v) is 2.15. The van der Waals surface area contributed by atoms with E-state index in [1.807, 2.05) is 0 Å². The van der Waals surface area contributed by atoms with Crippen molar-refractivity contribution in [3.8, 4) is 0 Å². The van der Waals surface area contributed by atoms with Crippen molar-refractivity contribution in [3.63, 3.8) is 0 Å². The fraction of sp³-hybridized carbons (Fsp3) is 0.300. The quantitative estimate of drug-likeness (QED) is 0.699. The minimum Gasteiger partial charge on any atom is -0.460 e. The molecule has 2 aromatic rings. The van der Waals surface area contributed by atoms with E-state index >= 15 is 0 Å². The molecule has 0 amide bonds. The molecule has 0 unspecified atom stereocenters. The third kappa shape index (κ3) is 1.58. The Morgan fingerprint density at radius 3 is 3.06 bits per heavy atom. The lowest BCUT2D eigenvalue weighted by molar-refractivity contribution is 0.0485. The lowest BCUT2D eigenvalue weighted by atomic mass is 10.3. The van der Waals surface area contributed by atoms with Crippen LogP contribution in [0.1, 0.15) is 17.5 Å². The fourth-order valence-corrected chi connectivity index (χ4v) is 1.39. The SMILES string of the molecule is CCOC(=O)c1cc2c(cnn2C)c(=O)o1. The molecule has 0 aliphatic heterocycles. The lowest BCUT2D eigenvalue weighted by Gasteiger charge is -2.00. The highest BCUT2D eigenvalue weighted by Gasteiger charge is 2.14. The maximum absolute atomic E-state index is 11.5. The monoisotopic (exact) mass is 222 g/mol. The number of nitrogens with zero attached hydrogens (tertiary/aromatic N) is 2. The van der Waals surface area contributed by atoms with Crippen LogP contribution in [-0.2, 0) is 11.8 Å². The van der Waals surface area contributed by atoms with Gasteiger partial charge in [0.15, 0.2) is 0 Å². The molecule has 0 N–H and O–H groups in total. The number of aromatic nitrogens is 2. The van der Waals surface area contributed by atoms with Crippen LogP contribution < -0.4 is 5.63 Å². The van der Waals surface area contributed by atoms with Gasteiger partial charge >= 0.3 is 11.6 Å². The van der Waals surface area contributed by atoms with Gasteiger partial charge < -0.3 is 9.15 Å². The van der Waals surface area contributed by atoms with Crippen LogP contribution in [0.25, 0.3) is 10.9 Å². The van der Waals surface area contributed by atoms with Gasteiger partial charge in [0.1, 0.15) is 5.39 Å². The van der Waals surface area contributed by atoms with Gasteiger partial charge in [0.25, 0.3) is 0 Å². The summed E-state index contributed by atoms with van der Waals surface area (Å²) >= 11 is 0. The van der Waals surface area contributed by atoms with Crippen LogP contribution in [0, 0.1) is 0 Å². The van der Waals surface area contributed by atoms with Crippen molar-refractivity contribution >= 4 is 16.9 Å². The smallest absolute Gasteiger partial charge is 0.374 e. The summed E-state index contributed by atoms with van der Waals surface area (Å²) < 4.78 is 11.1. The van der Waals surface area contributed by atoms with Gasteiger partial charge in [-0.25, -0.2) is 9.59 Å². The lowest BCUT2D eigenvalue weighted by Crippen LogP contribution is -2.10. The fourth-order valence-electron chi connectivity index (χ4n) is 1.39. The standard InChI is InChI=1S/C10H10N2O4/c1-3-15-10(14)8-4-7-6(9(13)16-8)5-11-12(7)2/h4-5H,3H2,1-2H3. The highest BCUT2D eigenvalue weighted by atomic mass is 16.5. The summed E-state index contributed by atoms with van der Waals surface area (Å²) in [4.78, 5) is 22.9. The first-order valence-corrected chi connectivity index (χ1v) is 4.76. The Kier molecular flexibility index (Phi) is 2.47. The van der Waals surface area contributed by atoms with Crippen molar-refractivity contribution < 1.29 is 13.9 Å². The zero-order valence-corrected chi connectivity index (χ0v) is 8.89. The van der Waals surface area contributed by atoms with Gasteiger partial charge in [0, 0.05) is 13.1 Å². The number of hydrogen-bond donors (Lipinski definition) is 0. The maximum atomic E-state index is 11.5. The molecular weight excluding hydrogens is 212 g/mol. The van der Waals surface area contributed by atoms with E-state index in [4.69, 9.17) is 9.15 Å². The molecular formula is C10H10N2O4. The molecule has 0 fully saturated rings.